The topological polar surface area (TPSA) is 101 Å². The lowest BCUT2D eigenvalue weighted by Crippen LogP contribution is -2.29. The molecule has 110 valence electrons. The number of carbonyl (C=O) groups is 1. The maximum atomic E-state index is 12.1. The highest BCUT2D eigenvalue weighted by Crippen LogP contribution is 2.22. The van der Waals surface area contributed by atoms with Crippen LogP contribution in [0.1, 0.15) is 12.0 Å². The van der Waals surface area contributed by atoms with E-state index in [0.29, 0.717) is 5.56 Å². The van der Waals surface area contributed by atoms with Gasteiger partial charge in [0.15, 0.2) is 0 Å². The molecule has 1 rings (SSSR count). The molecule has 20 heavy (non-hydrogen) atoms. The molecule has 0 aliphatic rings. The molecule has 0 saturated heterocycles. The number of hydrogen-bond acceptors (Lipinski definition) is 4. The first-order valence-electron chi connectivity index (χ1n) is 5.57. The number of carbonyl (C=O) groups excluding carboxylic acids is 1. The molecule has 6 nitrogen and oxygen atoms in total. The van der Waals surface area contributed by atoms with Crippen molar-refractivity contribution >= 4 is 44.7 Å². The molecule has 0 aliphatic carbocycles. The molecule has 0 bridgehead atoms. The number of nitrogens with two attached hydrogens (primary N) is 1. The number of nitrogens with one attached hydrogen (secondary N) is 2. The molecular weight excluding hydrogens is 322 g/mol. The average molecular weight is 336 g/mol. The van der Waals surface area contributed by atoms with E-state index in [1.807, 2.05) is 0 Å². The van der Waals surface area contributed by atoms with E-state index < -0.39 is 10.0 Å². The van der Waals surface area contributed by atoms with Crippen LogP contribution in [0.15, 0.2) is 23.1 Å². The van der Waals surface area contributed by atoms with Gasteiger partial charge in [0.2, 0.25) is 15.9 Å². The number of halogens is 1. The normalized spacial score (nSPS) is 11.1. The Hall–Kier alpha value is -1.22. The van der Waals surface area contributed by atoms with Gasteiger partial charge in [-0.1, -0.05) is 29.9 Å². The van der Waals surface area contributed by atoms with Gasteiger partial charge in [0, 0.05) is 25.6 Å². The third-order valence-corrected chi connectivity index (χ3v) is 4.61. The summed E-state index contributed by atoms with van der Waals surface area (Å²) in [6, 6.07) is 4.24. The molecule has 0 saturated carbocycles. The number of rotatable bonds is 6. The van der Waals surface area contributed by atoms with Gasteiger partial charge in [0.05, 0.1) is 5.02 Å². The first-order valence-corrected chi connectivity index (χ1v) is 7.84. The van der Waals surface area contributed by atoms with E-state index in [9.17, 15) is 13.2 Å². The standard InChI is InChI=1S/C11H14ClN3O3S2/c1-14-10(16)4-5-15-20(17,18)9-6-7(11(13)19)2-3-8(9)12/h2-3,6,15H,4-5H2,1H3,(H2,13,19)(H,14,16). The van der Waals surface area contributed by atoms with Crippen LogP contribution in [0.25, 0.3) is 0 Å². The Labute approximate surface area is 127 Å². The Morgan fingerprint density at radius 3 is 2.65 bits per heavy atom. The van der Waals surface area contributed by atoms with Crippen molar-refractivity contribution in [2.75, 3.05) is 13.6 Å². The van der Waals surface area contributed by atoms with Crippen molar-refractivity contribution in [3.8, 4) is 0 Å². The summed E-state index contributed by atoms with van der Waals surface area (Å²) in [5.74, 6) is -0.268. The summed E-state index contributed by atoms with van der Waals surface area (Å²) in [5.41, 5.74) is 5.85. The summed E-state index contributed by atoms with van der Waals surface area (Å²) in [6.07, 6.45) is 0.0301. The summed E-state index contributed by atoms with van der Waals surface area (Å²) in [7, 11) is -2.36. The molecule has 1 amide bonds. The van der Waals surface area contributed by atoms with Crippen molar-refractivity contribution in [2.24, 2.45) is 5.73 Å². The molecule has 0 aliphatic heterocycles. The molecule has 0 heterocycles. The second-order valence-electron chi connectivity index (χ2n) is 3.83. The van der Waals surface area contributed by atoms with Crippen molar-refractivity contribution in [1.82, 2.24) is 10.0 Å². The summed E-state index contributed by atoms with van der Waals surface area (Å²) < 4.78 is 26.5. The number of amides is 1. The zero-order valence-electron chi connectivity index (χ0n) is 10.6. The molecule has 4 N–H and O–H groups in total. The van der Waals surface area contributed by atoms with E-state index in [-0.39, 0.29) is 33.8 Å². The van der Waals surface area contributed by atoms with Gasteiger partial charge in [-0.05, 0) is 12.1 Å². The number of thiocarbonyl (C=S) groups is 1. The summed E-state index contributed by atoms with van der Waals surface area (Å²) in [5, 5.41) is 2.45. The minimum atomic E-state index is -3.83. The lowest BCUT2D eigenvalue weighted by molar-refractivity contribution is -0.120. The Balaban J connectivity index is 2.94. The predicted molar refractivity (Wildman–Crippen MR) is 81.2 cm³/mol. The van der Waals surface area contributed by atoms with Crippen LogP contribution in [0.3, 0.4) is 0 Å². The van der Waals surface area contributed by atoms with Gasteiger partial charge in [-0.2, -0.15) is 0 Å². The summed E-state index contributed by atoms with van der Waals surface area (Å²) in [4.78, 5) is 11.0. The Bertz CT molecular complexity index is 632. The maximum Gasteiger partial charge on any atom is 0.242 e. The molecule has 0 atom stereocenters. The van der Waals surface area contributed by atoms with Crippen LogP contribution in [0, 0.1) is 0 Å². The van der Waals surface area contributed by atoms with Gasteiger partial charge in [0.1, 0.15) is 9.88 Å². The average Bonchev–Trinajstić information content (AvgIpc) is 2.38. The molecule has 1 aromatic rings. The molecular formula is C11H14ClN3O3S2. The first-order chi connectivity index (χ1) is 9.27. The van der Waals surface area contributed by atoms with Crippen molar-refractivity contribution in [3.05, 3.63) is 28.8 Å². The van der Waals surface area contributed by atoms with E-state index in [2.05, 4.69) is 10.0 Å². The van der Waals surface area contributed by atoms with Gasteiger partial charge in [-0.25, -0.2) is 13.1 Å². The number of hydrogen-bond donors (Lipinski definition) is 3. The fraction of sp³-hybridized carbons (Fsp3) is 0.273. The molecule has 0 spiro atoms. The second kappa shape index (κ2) is 6.98. The number of benzene rings is 1. The molecule has 9 heteroatoms. The quantitative estimate of drug-likeness (QED) is 0.653. The third-order valence-electron chi connectivity index (χ3n) is 2.43. The predicted octanol–water partition coefficient (Wildman–Crippen LogP) is 0.389. The van der Waals surface area contributed by atoms with Gasteiger partial charge < -0.3 is 11.1 Å². The largest absolute Gasteiger partial charge is 0.389 e. The van der Waals surface area contributed by atoms with Crippen molar-refractivity contribution in [1.29, 1.82) is 0 Å². The first kappa shape index (κ1) is 16.8. The van der Waals surface area contributed by atoms with Crippen LogP contribution < -0.4 is 15.8 Å². The molecule has 1 aromatic carbocycles. The molecule has 0 fully saturated rings. The zero-order valence-corrected chi connectivity index (χ0v) is 13.0. The monoisotopic (exact) mass is 335 g/mol. The maximum absolute atomic E-state index is 12.1. The van der Waals surface area contributed by atoms with Crippen LogP contribution >= 0.6 is 23.8 Å². The van der Waals surface area contributed by atoms with E-state index in [1.54, 1.807) is 0 Å². The Morgan fingerprint density at radius 1 is 1.45 bits per heavy atom. The van der Waals surface area contributed by atoms with Crippen molar-refractivity contribution < 1.29 is 13.2 Å². The summed E-state index contributed by atoms with van der Waals surface area (Å²) >= 11 is 10.7. The van der Waals surface area contributed by atoms with Gasteiger partial charge >= 0.3 is 0 Å². The van der Waals surface area contributed by atoms with E-state index in [1.165, 1.54) is 25.2 Å². The molecule has 0 radical (unpaired) electrons. The van der Waals surface area contributed by atoms with E-state index in [4.69, 9.17) is 29.6 Å². The Kier molecular flexibility index (Phi) is 5.88. The molecule has 0 aromatic heterocycles. The highest BCUT2D eigenvalue weighted by atomic mass is 35.5. The minimum absolute atomic E-state index is 0.0301. The van der Waals surface area contributed by atoms with Crippen molar-refractivity contribution in [2.45, 2.75) is 11.3 Å². The van der Waals surface area contributed by atoms with Crippen LogP contribution in [-0.2, 0) is 14.8 Å². The van der Waals surface area contributed by atoms with Crippen LogP contribution in [-0.4, -0.2) is 32.9 Å². The van der Waals surface area contributed by atoms with Crippen molar-refractivity contribution in [3.63, 3.8) is 0 Å². The van der Waals surface area contributed by atoms with Crippen LogP contribution in [0.5, 0.6) is 0 Å². The third kappa shape index (κ3) is 4.41. The van der Waals surface area contributed by atoms with Crippen LogP contribution in [0.4, 0.5) is 0 Å². The van der Waals surface area contributed by atoms with E-state index in [0.717, 1.165) is 0 Å². The SMILES string of the molecule is CNC(=O)CCNS(=O)(=O)c1cc(C(N)=S)ccc1Cl. The Morgan fingerprint density at radius 2 is 2.10 bits per heavy atom. The lowest BCUT2D eigenvalue weighted by Gasteiger charge is -2.09. The van der Waals surface area contributed by atoms with Gasteiger partial charge in [-0.3, -0.25) is 4.79 Å². The summed E-state index contributed by atoms with van der Waals surface area (Å²) in [6.45, 7) is -0.0321. The fourth-order valence-corrected chi connectivity index (χ4v) is 3.05. The highest BCUT2D eigenvalue weighted by Gasteiger charge is 2.19. The van der Waals surface area contributed by atoms with Crippen LogP contribution in [0.2, 0.25) is 5.02 Å². The lowest BCUT2D eigenvalue weighted by atomic mass is 10.2. The van der Waals surface area contributed by atoms with E-state index >= 15 is 0 Å². The van der Waals surface area contributed by atoms with Gasteiger partial charge in [-0.15, -0.1) is 0 Å². The fourth-order valence-electron chi connectivity index (χ4n) is 1.36. The smallest absolute Gasteiger partial charge is 0.242 e. The second-order valence-corrected chi connectivity index (χ2v) is 6.41. The zero-order chi connectivity index (χ0) is 15.3. The molecule has 0 unspecified atom stereocenters. The van der Waals surface area contributed by atoms with Gasteiger partial charge in [0.25, 0.3) is 0 Å². The number of sulfonamides is 1. The minimum Gasteiger partial charge on any atom is -0.389 e. The highest BCUT2D eigenvalue weighted by molar-refractivity contribution is 7.89.